The molecule has 1 aliphatic heterocycles. The Morgan fingerprint density at radius 1 is 1.27 bits per heavy atom. The van der Waals surface area contributed by atoms with Crippen molar-refractivity contribution in [2.75, 3.05) is 43.9 Å². The summed E-state index contributed by atoms with van der Waals surface area (Å²) in [5.41, 5.74) is 7.82. The van der Waals surface area contributed by atoms with Crippen LogP contribution in [0.1, 0.15) is 6.42 Å². The number of anilines is 2. The molecule has 0 aromatic carbocycles. The second kappa shape index (κ2) is 4.49. The lowest BCUT2D eigenvalue weighted by Crippen LogP contribution is -2.29. The molecule has 4 nitrogen and oxygen atoms in total. The molecule has 82 valence electrons. The first-order valence-electron chi connectivity index (χ1n) is 5.40. The minimum absolute atomic E-state index is 0.780. The predicted octanol–water partition coefficient (Wildman–Crippen LogP) is 0.806. The minimum Gasteiger partial charge on any atom is -0.396 e. The van der Waals surface area contributed by atoms with Crippen LogP contribution in [0.25, 0.3) is 0 Å². The summed E-state index contributed by atoms with van der Waals surface area (Å²) in [6, 6.07) is 2.00. The Balaban J connectivity index is 2.13. The van der Waals surface area contributed by atoms with E-state index in [1.165, 1.54) is 13.0 Å². The van der Waals surface area contributed by atoms with Gasteiger partial charge in [0, 0.05) is 25.8 Å². The SMILES string of the molecule is CN1CCCN(c2ccncc2N)CC1. The molecule has 0 bridgehead atoms. The Morgan fingerprint density at radius 3 is 2.93 bits per heavy atom. The molecule has 0 spiro atoms. The van der Waals surface area contributed by atoms with E-state index in [4.69, 9.17) is 5.73 Å². The van der Waals surface area contributed by atoms with Crippen LogP contribution in [0.4, 0.5) is 11.4 Å². The van der Waals surface area contributed by atoms with Gasteiger partial charge >= 0.3 is 0 Å². The molecule has 0 amide bonds. The first-order valence-corrected chi connectivity index (χ1v) is 5.40. The van der Waals surface area contributed by atoms with Crippen molar-refractivity contribution in [3.63, 3.8) is 0 Å². The van der Waals surface area contributed by atoms with Crippen LogP contribution in [0, 0.1) is 0 Å². The molecule has 1 fully saturated rings. The van der Waals surface area contributed by atoms with Crippen LogP contribution in [-0.2, 0) is 0 Å². The molecule has 1 aliphatic rings. The Bertz CT molecular complexity index is 326. The standard InChI is InChI=1S/C11H18N4/c1-14-5-2-6-15(8-7-14)11-3-4-13-9-10(11)12/h3-4,9H,2,5-8,12H2,1H3. The van der Waals surface area contributed by atoms with Crippen molar-refractivity contribution in [2.24, 2.45) is 0 Å². The van der Waals surface area contributed by atoms with E-state index >= 15 is 0 Å². The molecule has 0 unspecified atom stereocenters. The highest BCUT2D eigenvalue weighted by molar-refractivity contribution is 5.65. The molecule has 2 N–H and O–H groups in total. The summed E-state index contributed by atoms with van der Waals surface area (Å²) >= 11 is 0. The van der Waals surface area contributed by atoms with Crippen LogP contribution < -0.4 is 10.6 Å². The van der Waals surface area contributed by atoms with Crippen molar-refractivity contribution in [1.82, 2.24) is 9.88 Å². The maximum Gasteiger partial charge on any atom is 0.0738 e. The van der Waals surface area contributed by atoms with Crippen molar-refractivity contribution < 1.29 is 0 Å². The number of hydrogen-bond acceptors (Lipinski definition) is 4. The normalized spacial score (nSPS) is 18.9. The number of nitrogen functional groups attached to an aromatic ring is 1. The quantitative estimate of drug-likeness (QED) is 0.738. The van der Waals surface area contributed by atoms with E-state index in [0.717, 1.165) is 31.0 Å². The highest BCUT2D eigenvalue weighted by atomic mass is 15.2. The van der Waals surface area contributed by atoms with Crippen LogP contribution in [0.3, 0.4) is 0 Å². The van der Waals surface area contributed by atoms with E-state index in [1.54, 1.807) is 12.4 Å². The van der Waals surface area contributed by atoms with Gasteiger partial charge in [0.1, 0.15) is 0 Å². The van der Waals surface area contributed by atoms with Gasteiger partial charge in [-0.05, 0) is 26.1 Å². The zero-order chi connectivity index (χ0) is 10.7. The summed E-state index contributed by atoms with van der Waals surface area (Å²) in [5, 5.41) is 0. The van der Waals surface area contributed by atoms with E-state index in [9.17, 15) is 0 Å². The van der Waals surface area contributed by atoms with Crippen LogP contribution in [0.2, 0.25) is 0 Å². The van der Waals surface area contributed by atoms with E-state index in [1.807, 2.05) is 6.07 Å². The van der Waals surface area contributed by atoms with Crippen molar-refractivity contribution in [2.45, 2.75) is 6.42 Å². The number of hydrogen-bond donors (Lipinski definition) is 1. The molecular formula is C11H18N4. The smallest absolute Gasteiger partial charge is 0.0738 e. The molecule has 2 heterocycles. The number of nitrogens with two attached hydrogens (primary N) is 1. The average Bonchev–Trinajstić information content (AvgIpc) is 2.44. The van der Waals surface area contributed by atoms with Gasteiger partial charge in [0.15, 0.2) is 0 Å². The Morgan fingerprint density at radius 2 is 2.13 bits per heavy atom. The van der Waals surface area contributed by atoms with Crippen molar-refractivity contribution in [3.05, 3.63) is 18.5 Å². The highest BCUT2D eigenvalue weighted by Crippen LogP contribution is 2.22. The van der Waals surface area contributed by atoms with E-state index < -0.39 is 0 Å². The third kappa shape index (κ3) is 2.39. The summed E-state index contributed by atoms with van der Waals surface area (Å²) in [6.45, 7) is 4.40. The lowest BCUT2D eigenvalue weighted by molar-refractivity contribution is 0.360. The second-order valence-corrected chi connectivity index (χ2v) is 4.08. The zero-order valence-corrected chi connectivity index (χ0v) is 9.19. The fourth-order valence-corrected chi connectivity index (χ4v) is 1.97. The average molecular weight is 206 g/mol. The fraction of sp³-hybridized carbons (Fsp3) is 0.545. The summed E-state index contributed by atoms with van der Waals surface area (Å²) in [7, 11) is 2.17. The van der Waals surface area contributed by atoms with Gasteiger partial charge in [0.25, 0.3) is 0 Å². The number of rotatable bonds is 1. The fourth-order valence-electron chi connectivity index (χ4n) is 1.97. The van der Waals surface area contributed by atoms with Gasteiger partial charge in [-0.15, -0.1) is 0 Å². The molecule has 2 rings (SSSR count). The molecular weight excluding hydrogens is 188 g/mol. The third-order valence-electron chi connectivity index (χ3n) is 2.89. The topological polar surface area (TPSA) is 45.4 Å². The second-order valence-electron chi connectivity index (χ2n) is 4.08. The number of nitrogens with zero attached hydrogens (tertiary/aromatic N) is 3. The van der Waals surface area contributed by atoms with E-state index in [-0.39, 0.29) is 0 Å². The van der Waals surface area contributed by atoms with Gasteiger partial charge in [0.05, 0.1) is 17.6 Å². The molecule has 0 atom stereocenters. The van der Waals surface area contributed by atoms with Crippen LogP contribution >= 0.6 is 0 Å². The van der Waals surface area contributed by atoms with E-state index in [0.29, 0.717) is 0 Å². The number of pyridine rings is 1. The summed E-state index contributed by atoms with van der Waals surface area (Å²) < 4.78 is 0. The summed E-state index contributed by atoms with van der Waals surface area (Å²) in [4.78, 5) is 8.72. The van der Waals surface area contributed by atoms with Gasteiger partial charge in [-0.3, -0.25) is 4.98 Å². The molecule has 0 radical (unpaired) electrons. The van der Waals surface area contributed by atoms with Gasteiger partial charge in [-0.1, -0.05) is 0 Å². The van der Waals surface area contributed by atoms with Crippen molar-refractivity contribution in [1.29, 1.82) is 0 Å². The van der Waals surface area contributed by atoms with Gasteiger partial charge in [-0.25, -0.2) is 0 Å². The Hall–Kier alpha value is -1.29. The van der Waals surface area contributed by atoms with Gasteiger partial charge in [-0.2, -0.15) is 0 Å². The van der Waals surface area contributed by atoms with Crippen LogP contribution in [0.15, 0.2) is 18.5 Å². The minimum atomic E-state index is 0.780. The van der Waals surface area contributed by atoms with Gasteiger partial charge in [0.2, 0.25) is 0 Å². The lowest BCUT2D eigenvalue weighted by Gasteiger charge is -2.23. The monoisotopic (exact) mass is 206 g/mol. The van der Waals surface area contributed by atoms with Crippen LogP contribution in [-0.4, -0.2) is 43.1 Å². The lowest BCUT2D eigenvalue weighted by atomic mass is 10.3. The summed E-state index contributed by atoms with van der Waals surface area (Å²) in [5.74, 6) is 0. The van der Waals surface area contributed by atoms with E-state index in [2.05, 4.69) is 21.8 Å². The first-order chi connectivity index (χ1) is 7.27. The predicted molar refractivity (Wildman–Crippen MR) is 63.0 cm³/mol. The molecule has 1 saturated heterocycles. The maximum atomic E-state index is 5.92. The number of aromatic nitrogens is 1. The molecule has 0 saturated carbocycles. The van der Waals surface area contributed by atoms with Gasteiger partial charge < -0.3 is 15.5 Å². The molecule has 1 aromatic rings. The maximum absolute atomic E-state index is 5.92. The molecule has 4 heteroatoms. The van der Waals surface area contributed by atoms with Crippen molar-refractivity contribution >= 4 is 11.4 Å². The molecule has 15 heavy (non-hydrogen) atoms. The molecule has 0 aliphatic carbocycles. The molecule has 1 aromatic heterocycles. The third-order valence-corrected chi connectivity index (χ3v) is 2.89. The number of likely N-dealkylation sites (N-methyl/N-ethyl adjacent to an activating group) is 1. The van der Waals surface area contributed by atoms with Crippen LogP contribution in [0.5, 0.6) is 0 Å². The van der Waals surface area contributed by atoms with Crippen molar-refractivity contribution in [3.8, 4) is 0 Å². The first kappa shape index (κ1) is 10.2. The summed E-state index contributed by atoms with van der Waals surface area (Å²) in [6.07, 6.45) is 4.72. The largest absolute Gasteiger partial charge is 0.396 e. The Labute approximate surface area is 90.7 Å². The Kier molecular flexibility index (Phi) is 3.06. The zero-order valence-electron chi connectivity index (χ0n) is 9.19. The highest BCUT2D eigenvalue weighted by Gasteiger charge is 2.13.